The van der Waals surface area contributed by atoms with Crippen molar-refractivity contribution in [1.82, 2.24) is 10.2 Å². The quantitative estimate of drug-likeness (QED) is 0.705. The number of aryl methyl sites for hydroxylation is 2. The average Bonchev–Trinajstić information content (AvgIpc) is 3.45. The number of hydrogen-bond donors (Lipinski definition) is 2. The van der Waals surface area contributed by atoms with Gasteiger partial charge in [-0.1, -0.05) is 31.2 Å². The minimum absolute atomic E-state index is 0.0661. The Labute approximate surface area is 171 Å². The van der Waals surface area contributed by atoms with E-state index in [4.69, 9.17) is 0 Å². The van der Waals surface area contributed by atoms with E-state index in [1.807, 2.05) is 27.1 Å². The molecule has 150 valence electrons. The molecule has 1 atom stereocenters. The molecule has 28 heavy (non-hydrogen) atoms. The van der Waals surface area contributed by atoms with Crippen LogP contribution >= 0.6 is 11.3 Å². The second kappa shape index (κ2) is 8.88. The van der Waals surface area contributed by atoms with E-state index in [1.165, 1.54) is 22.5 Å². The summed E-state index contributed by atoms with van der Waals surface area (Å²) in [6.07, 6.45) is 2.95. The zero-order valence-electron chi connectivity index (χ0n) is 17.0. The molecule has 2 aromatic rings. The molecule has 3 rings (SSSR count). The van der Waals surface area contributed by atoms with Gasteiger partial charge < -0.3 is 15.5 Å². The van der Waals surface area contributed by atoms with Crippen molar-refractivity contribution in [3.63, 3.8) is 0 Å². The van der Waals surface area contributed by atoms with Gasteiger partial charge in [-0.05, 0) is 63.0 Å². The molecule has 0 radical (unpaired) electrons. The monoisotopic (exact) mass is 399 g/mol. The summed E-state index contributed by atoms with van der Waals surface area (Å²) in [5.74, 6) is 0.127. The number of nitrogens with one attached hydrogen (secondary N) is 2. The van der Waals surface area contributed by atoms with E-state index in [1.54, 1.807) is 0 Å². The molecule has 6 heteroatoms. The number of likely N-dealkylation sites (N-methyl/N-ethyl adjacent to an activating group) is 1. The van der Waals surface area contributed by atoms with Crippen LogP contribution < -0.4 is 10.6 Å². The minimum atomic E-state index is -0.0913. The van der Waals surface area contributed by atoms with Crippen molar-refractivity contribution in [3.05, 3.63) is 51.9 Å². The van der Waals surface area contributed by atoms with Gasteiger partial charge in [0.2, 0.25) is 5.91 Å². The van der Waals surface area contributed by atoms with Crippen LogP contribution in [0.1, 0.15) is 52.2 Å². The number of anilines is 1. The normalized spacial score (nSPS) is 14.8. The van der Waals surface area contributed by atoms with Crippen LogP contribution in [0.4, 0.5) is 5.00 Å². The molecular weight excluding hydrogens is 370 g/mol. The highest BCUT2D eigenvalue weighted by Crippen LogP contribution is 2.33. The van der Waals surface area contributed by atoms with Gasteiger partial charge in [0.15, 0.2) is 0 Å². The molecule has 1 aromatic carbocycles. The Morgan fingerprint density at radius 2 is 1.89 bits per heavy atom. The fraction of sp³-hybridized carbons (Fsp3) is 0.455. The molecule has 1 unspecified atom stereocenters. The number of thiophene rings is 1. The third-order valence-electron chi connectivity index (χ3n) is 5.17. The molecule has 0 aliphatic heterocycles. The van der Waals surface area contributed by atoms with Crippen LogP contribution in [0, 0.1) is 12.8 Å². The number of carbonyl (C=O) groups is 2. The average molecular weight is 400 g/mol. The van der Waals surface area contributed by atoms with Gasteiger partial charge in [-0.2, -0.15) is 0 Å². The zero-order valence-corrected chi connectivity index (χ0v) is 17.9. The maximum atomic E-state index is 12.7. The number of rotatable bonds is 8. The Morgan fingerprint density at radius 1 is 1.21 bits per heavy atom. The van der Waals surface area contributed by atoms with Crippen molar-refractivity contribution in [2.24, 2.45) is 5.92 Å². The molecule has 1 aromatic heterocycles. The predicted molar refractivity (Wildman–Crippen MR) is 115 cm³/mol. The molecule has 1 aliphatic carbocycles. The molecule has 0 saturated heterocycles. The summed E-state index contributed by atoms with van der Waals surface area (Å²) in [7, 11) is 4.04. The molecule has 2 amide bonds. The SMILES string of the molecule is CCc1ccc(C(CNC(=O)c2sc(NC(=O)C3CC3)cc2C)N(C)C)cc1. The standard InChI is InChI=1S/C22H29N3O2S/c1-5-15-6-8-16(9-7-15)18(25(3)4)13-23-22(27)20-14(2)12-19(28-20)24-21(26)17-10-11-17/h6-9,12,17-18H,5,10-11,13H2,1-4H3,(H,23,27)(H,24,26). The molecule has 5 nitrogen and oxygen atoms in total. The maximum absolute atomic E-state index is 12.7. The first-order valence-corrected chi connectivity index (χ1v) is 10.7. The Hall–Kier alpha value is -2.18. The highest BCUT2D eigenvalue weighted by molar-refractivity contribution is 7.18. The van der Waals surface area contributed by atoms with E-state index in [9.17, 15) is 9.59 Å². The van der Waals surface area contributed by atoms with Crippen LogP contribution in [0.5, 0.6) is 0 Å². The van der Waals surface area contributed by atoms with Crippen LogP contribution in [0.2, 0.25) is 0 Å². The fourth-order valence-electron chi connectivity index (χ4n) is 3.18. The molecule has 0 bridgehead atoms. The lowest BCUT2D eigenvalue weighted by molar-refractivity contribution is -0.117. The molecule has 1 heterocycles. The van der Waals surface area contributed by atoms with Gasteiger partial charge in [0.1, 0.15) is 0 Å². The highest BCUT2D eigenvalue weighted by atomic mass is 32.1. The molecule has 0 spiro atoms. The van der Waals surface area contributed by atoms with Gasteiger partial charge in [-0.3, -0.25) is 9.59 Å². The topological polar surface area (TPSA) is 61.4 Å². The number of benzene rings is 1. The summed E-state index contributed by atoms with van der Waals surface area (Å²) in [6, 6.07) is 10.5. The van der Waals surface area contributed by atoms with E-state index in [0.29, 0.717) is 11.4 Å². The number of nitrogens with zero attached hydrogens (tertiary/aromatic N) is 1. The lowest BCUT2D eigenvalue weighted by Crippen LogP contribution is -2.34. The number of carbonyl (C=O) groups excluding carboxylic acids is 2. The summed E-state index contributed by atoms with van der Waals surface area (Å²) in [5, 5.41) is 6.75. The van der Waals surface area contributed by atoms with Crippen molar-refractivity contribution >= 4 is 28.2 Å². The van der Waals surface area contributed by atoms with Gasteiger partial charge in [-0.25, -0.2) is 0 Å². The summed E-state index contributed by atoms with van der Waals surface area (Å²) in [5.41, 5.74) is 3.38. The number of amides is 2. The second-order valence-electron chi connectivity index (χ2n) is 7.67. The Balaban J connectivity index is 1.64. The van der Waals surface area contributed by atoms with Crippen LogP contribution in [-0.2, 0) is 11.2 Å². The molecule has 1 saturated carbocycles. The van der Waals surface area contributed by atoms with Crippen molar-refractivity contribution in [1.29, 1.82) is 0 Å². The van der Waals surface area contributed by atoms with E-state index >= 15 is 0 Å². The third kappa shape index (κ3) is 5.00. The highest BCUT2D eigenvalue weighted by Gasteiger charge is 2.30. The van der Waals surface area contributed by atoms with Gasteiger partial charge in [0.25, 0.3) is 5.91 Å². The van der Waals surface area contributed by atoms with Crippen LogP contribution in [0.15, 0.2) is 30.3 Å². The lowest BCUT2D eigenvalue weighted by Gasteiger charge is -2.25. The Bertz CT molecular complexity index is 838. The van der Waals surface area contributed by atoms with Crippen LogP contribution in [-0.4, -0.2) is 37.4 Å². The van der Waals surface area contributed by atoms with E-state index in [0.717, 1.165) is 29.8 Å². The first kappa shape index (κ1) is 20.6. The lowest BCUT2D eigenvalue weighted by atomic mass is 10.0. The van der Waals surface area contributed by atoms with Gasteiger partial charge in [0, 0.05) is 12.5 Å². The first-order chi connectivity index (χ1) is 13.4. The number of hydrogen-bond acceptors (Lipinski definition) is 4. The smallest absolute Gasteiger partial charge is 0.261 e. The van der Waals surface area contributed by atoms with Crippen molar-refractivity contribution in [2.75, 3.05) is 26.0 Å². The van der Waals surface area contributed by atoms with E-state index in [-0.39, 0.29) is 23.8 Å². The zero-order chi connectivity index (χ0) is 20.3. The van der Waals surface area contributed by atoms with Gasteiger partial charge in [0.05, 0.1) is 15.9 Å². The van der Waals surface area contributed by atoms with Gasteiger partial charge >= 0.3 is 0 Å². The molecule has 2 N–H and O–H groups in total. The molecule has 1 aliphatic rings. The maximum Gasteiger partial charge on any atom is 0.261 e. The van der Waals surface area contributed by atoms with E-state index < -0.39 is 0 Å². The summed E-state index contributed by atoms with van der Waals surface area (Å²) < 4.78 is 0. The largest absolute Gasteiger partial charge is 0.349 e. The predicted octanol–water partition coefficient (Wildman–Crippen LogP) is 4.00. The third-order valence-corrected chi connectivity index (χ3v) is 6.32. The molecule has 1 fully saturated rings. The summed E-state index contributed by atoms with van der Waals surface area (Å²) in [6.45, 7) is 4.58. The van der Waals surface area contributed by atoms with Gasteiger partial charge in [-0.15, -0.1) is 11.3 Å². The minimum Gasteiger partial charge on any atom is -0.349 e. The van der Waals surface area contributed by atoms with E-state index in [2.05, 4.69) is 46.7 Å². The summed E-state index contributed by atoms with van der Waals surface area (Å²) >= 11 is 1.34. The fourth-order valence-corrected chi connectivity index (χ4v) is 4.17. The van der Waals surface area contributed by atoms with Crippen molar-refractivity contribution in [3.8, 4) is 0 Å². The van der Waals surface area contributed by atoms with Crippen molar-refractivity contribution in [2.45, 2.75) is 39.2 Å². The summed E-state index contributed by atoms with van der Waals surface area (Å²) in [4.78, 5) is 27.5. The van der Waals surface area contributed by atoms with Crippen LogP contribution in [0.25, 0.3) is 0 Å². The van der Waals surface area contributed by atoms with Crippen LogP contribution in [0.3, 0.4) is 0 Å². The first-order valence-electron chi connectivity index (χ1n) is 9.83. The Morgan fingerprint density at radius 3 is 2.46 bits per heavy atom. The van der Waals surface area contributed by atoms with Crippen molar-refractivity contribution < 1.29 is 9.59 Å². The second-order valence-corrected chi connectivity index (χ2v) is 8.72. The molecular formula is C22H29N3O2S. The Kier molecular flexibility index (Phi) is 6.52.